The minimum Gasteiger partial charge on any atom is -0.450 e. The predicted octanol–water partition coefficient (Wildman–Crippen LogP) is 1.27. The highest BCUT2D eigenvalue weighted by molar-refractivity contribution is 7.80. The lowest BCUT2D eigenvalue weighted by molar-refractivity contribution is 0.120. The molecule has 106 valence electrons. The summed E-state index contributed by atoms with van der Waals surface area (Å²) in [5.41, 5.74) is 0.535. The van der Waals surface area contributed by atoms with Gasteiger partial charge in [-0.1, -0.05) is 0 Å². The van der Waals surface area contributed by atoms with Crippen molar-refractivity contribution in [2.45, 2.75) is 26.4 Å². The quantitative estimate of drug-likeness (QED) is 0.800. The molecule has 0 saturated carbocycles. The second kappa shape index (κ2) is 7.62. The molecule has 2 N–H and O–H groups in total. The number of carbonyl (C=O) groups is 1. The van der Waals surface area contributed by atoms with Crippen molar-refractivity contribution in [2.75, 3.05) is 6.61 Å². The van der Waals surface area contributed by atoms with E-state index in [1.165, 1.54) is 10.9 Å². The molecule has 1 amide bonds. The summed E-state index contributed by atoms with van der Waals surface area (Å²) in [6, 6.07) is 1.59. The van der Waals surface area contributed by atoms with E-state index in [9.17, 15) is 13.6 Å². The number of aromatic nitrogens is 2. The van der Waals surface area contributed by atoms with Gasteiger partial charge in [0.1, 0.15) is 6.54 Å². The lowest BCUT2D eigenvalue weighted by Crippen LogP contribution is -2.39. The Morgan fingerprint density at radius 2 is 2.37 bits per heavy atom. The number of hydrogen-bond acceptors (Lipinski definition) is 4. The molecule has 0 aromatic carbocycles. The first-order valence-electron chi connectivity index (χ1n) is 5.53. The van der Waals surface area contributed by atoms with Crippen LogP contribution in [0.4, 0.5) is 13.6 Å². The van der Waals surface area contributed by atoms with E-state index in [2.05, 4.69) is 20.5 Å². The van der Waals surface area contributed by atoms with Gasteiger partial charge in [0.15, 0.2) is 5.11 Å². The summed E-state index contributed by atoms with van der Waals surface area (Å²) in [6.07, 6.45) is -1.73. The lowest BCUT2D eigenvalue weighted by atomic mass is 10.4. The molecule has 6 nitrogen and oxygen atoms in total. The fraction of sp³-hybridized carbons (Fsp3) is 0.500. The third-order valence-electron chi connectivity index (χ3n) is 2.04. The molecule has 0 aliphatic heterocycles. The highest BCUT2D eigenvalue weighted by Gasteiger charge is 2.10. The van der Waals surface area contributed by atoms with Crippen LogP contribution in [0, 0.1) is 0 Å². The summed E-state index contributed by atoms with van der Waals surface area (Å²) in [5, 5.41) is 8.81. The smallest absolute Gasteiger partial charge is 0.413 e. The fourth-order valence-electron chi connectivity index (χ4n) is 1.28. The number of amides is 1. The summed E-state index contributed by atoms with van der Waals surface area (Å²) >= 11 is 4.85. The Hall–Kier alpha value is -1.77. The minimum absolute atomic E-state index is 0.0586. The van der Waals surface area contributed by atoms with Crippen molar-refractivity contribution in [3.05, 3.63) is 18.0 Å². The molecule has 1 aromatic rings. The number of rotatable bonds is 5. The lowest BCUT2D eigenvalue weighted by Gasteiger charge is -2.10. The zero-order chi connectivity index (χ0) is 14.3. The molecule has 9 heteroatoms. The largest absolute Gasteiger partial charge is 0.450 e. The molecule has 0 radical (unpaired) electrons. The van der Waals surface area contributed by atoms with E-state index in [0.717, 1.165) is 0 Å². The van der Waals surface area contributed by atoms with Crippen LogP contribution < -0.4 is 10.6 Å². The SMILES string of the molecule is CCOC(=O)NC(=S)NCc1ccnn1CC(F)F. The van der Waals surface area contributed by atoms with Crippen molar-refractivity contribution < 1.29 is 18.3 Å². The number of ether oxygens (including phenoxy) is 1. The first-order valence-corrected chi connectivity index (χ1v) is 5.94. The van der Waals surface area contributed by atoms with Crippen molar-refractivity contribution >= 4 is 23.4 Å². The van der Waals surface area contributed by atoms with E-state index >= 15 is 0 Å². The number of alkyl carbamates (subject to hydrolysis) is 1. The molecule has 0 bridgehead atoms. The highest BCUT2D eigenvalue weighted by atomic mass is 32.1. The van der Waals surface area contributed by atoms with Gasteiger partial charge in [-0.25, -0.2) is 13.6 Å². The Balaban J connectivity index is 2.42. The van der Waals surface area contributed by atoms with E-state index in [-0.39, 0.29) is 18.3 Å². The van der Waals surface area contributed by atoms with Gasteiger partial charge >= 0.3 is 6.09 Å². The Bertz CT molecular complexity index is 439. The van der Waals surface area contributed by atoms with Crippen molar-refractivity contribution in [3.63, 3.8) is 0 Å². The van der Waals surface area contributed by atoms with Crippen LogP contribution in [0.3, 0.4) is 0 Å². The number of halogens is 2. The molecule has 1 rings (SSSR count). The molecular weight excluding hydrogens is 278 g/mol. The van der Waals surface area contributed by atoms with Crippen LogP contribution in [-0.4, -0.2) is 34.0 Å². The monoisotopic (exact) mass is 292 g/mol. The third kappa shape index (κ3) is 5.60. The Labute approximate surface area is 114 Å². The average Bonchev–Trinajstić information content (AvgIpc) is 2.73. The molecule has 0 spiro atoms. The Kier molecular flexibility index (Phi) is 6.13. The second-order valence-electron chi connectivity index (χ2n) is 3.42. The summed E-state index contributed by atoms with van der Waals surface area (Å²) in [6.45, 7) is 1.59. The molecular formula is C10H14F2N4O2S. The first kappa shape index (κ1) is 15.3. The maximum Gasteiger partial charge on any atom is 0.413 e. The number of nitrogens with one attached hydrogen (secondary N) is 2. The van der Waals surface area contributed by atoms with Gasteiger partial charge in [-0.15, -0.1) is 0 Å². The van der Waals surface area contributed by atoms with E-state index in [4.69, 9.17) is 12.2 Å². The van der Waals surface area contributed by atoms with Crippen LogP contribution in [0.15, 0.2) is 12.3 Å². The summed E-state index contributed by atoms with van der Waals surface area (Å²) in [7, 11) is 0. The van der Waals surface area contributed by atoms with E-state index in [1.54, 1.807) is 13.0 Å². The molecule has 0 unspecified atom stereocenters. The van der Waals surface area contributed by atoms with Gasteiger partial charge < -0.3 is 10.1 Å². The summed E-state index contributed by atoms with van der Waals surface area (Å²) < 4.78 is 30.3. The predicted molar refractivity (Wildman–Crippen MR) is 67.8 cm³/mol. The zero-order valence-corrected chi connectivity index (χ0v) is 11.0. The van der Waals surface area contributed by atoms with Gasteiger partial charge in [0.05, 0.1) is 18.8 Å². The molecule has 19 heavy (non-hydrogen) atoms. The number of hydrogen-bond donors (Lipinski definition) is 2. The van der Waals surface area contributed by atoms with Gasteiger partial charge in [-0.2, -0.15) is 5.10 Å². The number of nitrogens with zero attached hydrogens (tertiary/aromatic N) is 2. The third-order valence-corrected chi connectivity index (χ3v) is 2.28. The maximum atomic E-state index is 12.3. The summed E-state index contributed by atoms with van der Waals surface area (Å²) in [4.78, 5) is 11.0. The zero-order valence-electron chi connectivity index (χ0n) is 10.2. The molecule has 0 fully saturated rings. The van der Waals surface area contributed by atoms with Crippen LogP contribution in [0.5, 0.6) is 0 Å². The van der Waals surface area contributed by atoms with Crippen molar-refractivity contribution in [3.8, 4) is 0 Å². The van der Waals surface area contributed by atoms with Gasteiger partial charge in [-0.3, -0.25) is 10.00 Å². The van der Waals surface area contributed by atoms with Crippen molar-refractivity contribution in [2.24, 2.45) is 0 Å². The Morgan fingerprint density at radius 3 is 3.00 bits per heavy atom. The normalized spacial score (nSPS) is 10.3. The number of alkyl halides is 2. The summed E-state index contributed by atoms with van der Waals surface area (Å²) in [5.74, 6) is 0. The van der Waals surface area contributed by atoms with Gasteiger partial charge in [0.25, 0.3) is 6.43 Å². The van der Waals surface area contributed by atoms with Crippen LogP contribution in [0.1, 0.15) is 12.6 Å². The maximum absolute atomic E-state index is 12.3. The molecule has 0 aliphatic carbocycles. The van der Waals surface area contributed by atoms with E-state index in [1.807, 2.05) is 0 Å². The van der Waals surface area contributed by atoms with Crippen LogP contribution in [0.2, 0.25) is 0 Å². The van der Waals surface area contributed by atoms with Crippen LogP contribution in [0.25, 0.3) is 0 Å². The Morgan fingerprint density at radius 1 is 1.63 bits per heavy atom. The number of thiocarbonyl (C=S) groups is 1. The molecule has 1 heterocycles. The van der Waals surface area contributed by atoms with Gasteiger partial charge in [0, 0.05) is 6.20 Å². The first-order chi connectivity index (χ1) is 9.02. The fourth-order valence-corrected chi connectivity index (χ4v) is 1.44. The molecule has 1 aromatic heterocycles. The van der Waals surface area contributed by atoms with E-state index in [0.29, 0.717) is 5.69 Å². The van der Waals surface area contributed by atoms with Crippen LogP contribution in [-0.2, 0) is 17.8 Å². The van der Waals surface area contributed by atoms with Crippen molar-refractivity contribution in [1.82, 2.24) is 20.4 Å². The topological polar surface area (TPSA) is 68.2 Å². The average molecular weight is 292 g/mol. The molecule has 0 saturated heterocycles. The van der Waals surface area contributed by atoms with Gasteiger partial charge in [0.2, 0.25) is 0 Å². The second-order valence-corrected chi connectivity index (χ2v) is 3.83. The van der Waals surface area contributed by atoms with Crippen LogP contribution >= 0.6 is 12.2 Å². The molecule has 0 atom stereocenters. The molecule has 0 aliphatic rings. The van der Waals surface area contributed by atoms with Gasteiger partial charge in [-0.05, 0) is 25.2 Å². The van der Waals surface area contributed by atoms with Crippen molar-refractivity contribution in [1.29, 1.82) is 0 Å². The minimum atomic E-state index is -2.48. The van der Waals surface area contributed by atoms with E-state index < -0.39 is 19.1 Å². The highest BCUT2D eigenvalue weighted by Crippen LogP contribution is 2.03. The standard InChI is InChI=1S/C10H14F2N4O2S/c1-2-18-10(17)15-9(19)13-5-7-3-4-14-16(7)6-8(11)12/h3-4,8H,2,5-6H2,1H3,(H2,13,15,17,19). The number of carbonyl (C=O) groups excluding carboxylic acids is 1.